The van der Waals surface area contributed by atoms with E-state index in [1.807, 2.05) is 13.8 Å². The van der Waals surface area contributed by atoms with Crippen molar-refractivity contribution in [1.82, 2.24) is 0 Å². The lowest BCUT2D eigenvalue weighted by Crippen LogP contribution is -2.47. The van der Waals surface area contributed by atoms with Crippen molar-refractivity contribution in [2.24, 2.45) is 5.73 Å². The van der Waals surface area contributed by atoms with Crippen LogP contribution in [0, 0.1) is 0 Å². The van der Waals surface area contributed by atoms with E-state index in [-0.39, 0.29) is 6.04 Å². The van der Waals surface area contributed by atoms with Crippen molar-refractivity contribution in [3.8, 4) is 0 Å². The number of anilines is 1. The molecular formula is C12H17F3N2O2S. The average Bonchev–Trinajstić information content (AvgIpc) is 2.27. The van der Waals surface area contributed by atoms with Crippen LogP contribution < -0.4 is 11.1 Å². The molecule has 1 aromatic carbocycles. The van der Waals surface area contributed by atoms with E-state index in [0.29, 0.717) is 5.69 Å². The third-order valence-corrected chi connectivity index (χ3v) is 4.58. The van der Waals surface area contributed by atoms with Gasteiger partial charge in [0, 0.05) is 17.3 Å². The molecule has 0 fully saturated rings. The van der Waals surface area contributed by atoms with E-state index in [4.69, 9.17) is 5.73 Å². The standard InChI is InChI=1S/C12H17F3N2O2S/c1-8(16)11(2,3)17-9-4-6-10(7-5-9)20(18,19)12(13,14)15/h4-8,17H,16H2,1-3H3. The molecule has 0 aliphatic carbocycles. The monoisotopic (exact) mass is 310 g/mol. The Morgan fingerprint density at radius 3 is 1.95 bits per heavy atom. The predicted molar refractivity (Wildman–Crippen MR) is 71.0 cm³/mol. The summed E-state index contributed by atoms with van der Waals surface area (Å²) in [6.45, 7) is 5.45. The molecule has 0 aliphatic heterocycles. The average molecular weight is 310 g/mol. The number of halogens is 3. The van der Waals surface area contributed by atoms with E-state index < -0.39 is 25.8 Å². The van der Waals surface area contributed by atoms with Crippen LogP contribution in [-0.4, -0.2) is 25.5 Å². The van der Waals surface area contributed by atoms with Crippen LogP contribution in [0.25, 0.3) is 0 Å². The van der Waals surface area contributed by atoms with Crippen molar-refractivity contribution in [3.63, 3.8) is 0 Å². The third-order valence-electron chi connectivity index (χ3n) is 3.07. The molecule has 1 atom stereocenters. The Bertz CT molecular complexity index is 563. The van der Waals surface area contributed by atoms with Gasteiger partial charge in [0.2, 0.25) is 0 Å². The molecule has 0 radical (unpaired) electrons. The lowest BCUT2D eigenvalue weighted by atomic mass is 9.96. The minimum absolute atomic E-state index is 0.207. The second kappa shape index (κ2) is 5.25. The first-order valence-electron chi connectivity index (χ1n) is 5.83. The topological polar surface area (TPSA) is 72.2 Å². The maximum absolute atomic E-state index is 12.4. The molecule has 3 N–H and O–H groups in total. The summed E-state index contributed by atoms with van der Waals surface area (Å²) < 4.78 is 59.5. The predicted octanol–water partition coefficient (Wildman–Crippen LogP) is 2.52. The van der Waals surface area contributed by atoms with Crippen LogP contribution in [0.4, 0.5) is 18.9 Å². The molecular weight excluding hydrogens is 293 g/mol. The van der Waals surface area contributed by atoms with Gasteiger partial charge >= 0.3 is 5.51 Å². The number of hydrogen-bond acceptors (Lipinski definition) is 4. The van der Waals surface area contributed by atoms with Gasteiger partial charge in [0.1, 0.15) is 0 Å². The van der Waals surface area contributed by atoms with Crippen molar-refractivity contribution >= 4 is 15.5 Å². The van der Waals surface area contributed by atoms with Crippen molar-refractivity contribution in [3.05, 3.63) is 24.3 Å². The second-order valence-corrected chi connectivity index (χ2v) is 7.05. The molecule has 1 aromatic rings. The summed E-state index contributed by atoms with van der Waals surface area (Å²) in [6.07, 6.45) is 0. The number of benzene rings is 1. The molecule has 20 heavy (non-hydrogen) atoms. The SMILES string of the molecule is CC(N)C(C)(C)Nc1ccc(S(=O)(=O)C(F)(F)F)cc1. The van der Waals surface area contributed by atoms with Crippen molar-refractivity contribution < 1.29 is 21.6 Å². The number of nitrogens with one attached hydrogen (secondary N) is 1. The Kier molecular flexibility index (Phi) is 4.40. The zero-order chi connectivity index (χ0) is 15.8. The molecule has 0 heterocycles. The fraction of sp³-hybridized carbons (Fsp3) is 0.500. The zero-order valence-electron chi connectivity index (χ0n) is 11.3. The lowest BCUT2D eigenvalue weighted by molar-refractivity contribution is -0.0436. The van der Waals surface area contributed by atoms with Crippen LogP contribution in [0.3, 0.4) is 0 Å². The van der Waals surface area contributed by atoms with Gasteiger partial charge in [-0.3, -0.25) is 0 Å². The van der Waals surface area contributed by atoms with E-state index in [0.717, 1.165) is 12.1 Å². The van der Waals surface area contributed by atoms with Crippen LogP contribution in [0.1, 0.15) is 20.8 Å². The van der Waals surface area contributed by atoms with E-state index in [1.54, 1.807) is 6.92 Å². The number of nitrogens with two attached hydrogens (primary N) is 1. The largest absolute Gasteiger partial charge is 0.501 e. The van der Waals surface area contributed by atoms with Gasteiger partial charge < -0.3 is 11.1 Å². The van der Waals surface area contributed by atoms with E-state index in [1.165, 1.54) is 12.1 Å². The van der Waals surface area contributed by atoms with Gasteiger partial charge in [0.25, 0.3) is 9.84 Å². The number of rotatable bonds is 4. The minimum atomic E-state index is -5.31. The van der Waals surface area contributed by atoms with Gasteiger partial charge in [0.15, 0.2) is 0 Å². The summed E-state index contributed by atoms with van der Waals surface area (Å²) in [4.78, 5) is -0.783. The summed E-state index contributed by atoms with van der Waals surface area (Å²) >= 11 is 0. The van der Waals surface area contributed by atoms with Crippen molar-refractivity contribution in [1.29, 1.82) is 0 Å². The summed E-state index contributed by atoms with van der Waals surface area (Å²) in [5, 5.41) is 3.03. The lowest BCUT2D eigenvalue weighted by Gasteiger charge is -2.31. The molecule has 114 valence electrons. The van der Waals surface area contributed by atoms with Gasteiger partial charge in [-0.2, -0.15) is 13.2 Å². The van der Waals surface area contributed by atoms with Crippen molar-refractivity contribution in [2.45, 2.75) is 42.8 Å². The van der Waals surface area contributed by atoms with Crippen LogP contribution in [0.15, 0.2) is 29.2 Å². The maximum Gasteiger partial charge on any atom is 0.501 e. The highest BCUT2D eigenvalue weighted by molar-refractivity contribution is 7.92. The molecule has 0 aromatic heterocycles. The van der Waals surface area contributed by atoms with Gasteiger partial charge in [-0.05, 0) is 45.0 Å². The molecule has 4 nitrogen and oxygen atoms in total. The maximum atomic E-state index is 12.4. The van der Waals surface area contributed by atoms with E-state index >= 15 is 0 Å². The Morgan fingerprint density at radius 1 is 1.15 bits per heavy atom. The summed E-state index contributed by atoms with van der Waals surface area (Å²) in [5.41, 5.74) is 0.481. The van der Waals surface area contributed by atoms with Gasteiger partial charge in [-0.15, -0.1) is 0 Å². The molecule has 0 bridgehead atoms. The number of hydrogen-bond donors (Lipinski definition) is 2. The van der Waals surface area contributed by atoms with E-state index in [9.17, 15) is 21.6 Å². The molecule has 0 amide bonds. The normalized spacial score (nSPS) is 14.9. The van der Waals surface area contributed by atoms with Crippen LogP contribution >= 0.6 is 0 Å². The summed E-state index contributed by atoms with van der Waals surface area (Å²) in [7, 11) is -5.31. The first kappa shape index (κ1) is 16.8. The van der Waals surface area contributed by atoms with Crippen LogP contribution in [-0.2, 0) is 9.84 Å². The molecule has 8 heteroatoms. The molecule has 0 aliphatic rings. The zero-order valence-corrected chi connectivity index (χ0v) is 12.1. The second-order valence-electron chi connectivity index (χ2n) is 5.11. The van der Waals surface area contributed by atoms with Crippen molar-refractivity contribution in [2.75, 3.05) is 5.32 Å². The first-order chi connectivity index (χ1) is 8.88. The first-order valence-corrected chi connectivity index (χ1v) is 7.31. The Morgan fingerprint density at radius 2 is 1.60 bits per heavy atom. The van der Waals surface area contributed by atoms with E-state index in [2.05, 4.69) is 5.32 Å². The number of sulfone groups is 1. The van der Waals surface area contributed by atoms with Crippen LogP contribution in [0.2, 0.25) is 0 Å². The van der Waals surface area contributed by atoms with Gasteiger partial charge in [0.05, 0.1) is 4.90 Å². The smallest absolute Gasteiger partial charge is 0.379 e. The summed E-state index contributed by atoms with van der Waals surface area (Å²) in [5.74, 6) is 0. The highest BCUT2D eigenvalue weighted by atomic mass is 32.2. The quantitative estimate of drug-likeness (QED) is 0.896. The molecule has 1 unspecified atom stereocenters. The molecule has 1 rings (SSSR count). The minimum Gasteiger partial charge on any atom is -0.379 e. The number of alkyl halides is 3. The molecule has 0 saturated carbocycles. The third kappa shape index (κ3) is 3.43. The van der Waals surface area contributed by atoms with Gasteiger partial charge in [-0.25, -0.2) is 8.42 Å². The summed E-state index contributed by atoms with van der Waals surface area (Å²) in [6, 6.07) is 4.19. The Balaban J connectivity index is 3.02. The molecule has 0 spiro atoms. The van der Waals surface area contributed by atoms with Crippen LogP contribution in [0.5, 0.6) is 0 Å². The highest BCUT2D eigenvalue weighted by Gasteiger charge is 2.46. The molecule has 0 saturated heterocycles. The highest BCUT2D eigenvalue weighted by Crippen LogP contribution is 2.31. The Labute approximate surface area is 116 Å². The van der Waals surface area contributed by atoms with Gasteiger partial charge in [-0.1, -0.05) is 0 Å². The fourth-order valence-electron chi connectivity index (χ4n) is 1.34. The fourth-order valence-corrected chi connectivity index (χ4v) is 2.10. The Hall–Kier alpha value is -1.28.